The Balaban J connectivity index is 2.06. The number of rotatable bonds is 10. The van der Waals surface area contributed by atoms with Crippen molar-refractivity contribution in [2.45, 2.75) is 25.8 Å². The van der Waals surface area contributed by atoms with Crippen LogP contribution in [-0.2, 0) is 33.2 Å². The van der Waals surface area contributed by atoms with E-state index in [1.54, 1.807) is 36.4 Å². The molecule has 1 heterocycles. The number of benzene rings is 2. The predicted molar refractivity (Wildman–Crippen MR) is 130 cm³/mol. The Morgan fingerprint density at radius 3 is 2.39 bits per heavy atom. The molecular formula is C21H25N3O6S3. The van der Waals surface area contributed by atoms with Gasteiger partial charge in [0.1, 0.15) is 5.75 Å². The van der Waals surface area contributed by atoms with Crippen molar-refractivity contribution in [3.63, 3.8) is 0 Å². The Morgan fingerprint density at radius 2 is 1.85 bits per heavy atom. The highest BCUT2D eigenvalue weighted by Gasteiger charge is 2.31. The molecule has 0 aliphatic heterocycles. The first kappa shape index (κ1) is 25.0. The zero-order valence-electron chi connectivity index (χ0n) is 18.3. The van der Waals surface area contributed by atoms with Crippen molar-refractivity contribution in [3.05, 3.63) is 70.2 Å². The third-order valence-corrected chi connectivity index (χ3v) is 7.48. The van der Waals surface area contributed by atoms with E-state index in [1.807, 2.05) is 17.0 Å². The molecule has 12 heteroatoms. The Kier molecular flexibility index (Phi) is 7.62. The molecule has 2 N–H and O–H groups in total. The first-order valence-corrected chi connectivity index (χ1v) is 14.1. The highest BCUT2D eigenvalue weighted by atomic mass is 32.2. The van der Waals surface area contributed by atoms with Gasteiger partial charge in [-0.15, -0.1) is 11.3 Å². The van der Waals surface area contributed by atoms with Gasteiger partial charge in [-0.3, -0.25) is 13.6 Å². The highest BCUT2D eigenvalue weighted by molar-refractivity contribution is 7.92. The van der Waals surface area contributed by atoms with Gasteiger partial charge >= 0.3 is 10.3 Å². The molecule has 0 fully saturated rings. The number of hydrogen-bond acceptors (Lipinski definition) is 7. The number of nitrogens with one attached hydrogen (secondary N) is 1. The van der Waals surface area contributed by atoms with Crippen molar-refractivity contribution < 1.29 is 26.1 Å². The number of aryl methyl sites for hydroxylation is 1. The van der Waals surface area contributed by atoms with Crippen LogP contribution in [0.1, 0.15) is 29.2 Å². The van der Waals surface area contributed by atoms with Gasteiger partial charge in [-0.05, 0) is 42.7 Å². The summed E-state index contributed by atoms with van der Waals surface area (Å²) in [5.74, 6) is 0.521. The van der Waals surface area contributed by atoms with Crippen LogP contribution in [0.3, 0.4) is 0 Å². The molecule has 178 valence electrons. The minimum absolute atomic E-state index is 0.187. The second-order valence-corrected chi connectivity index (χ2v) is 11.2. The van der Waals surface area contributed by atoms with Crippen LogP contribution >= 0.6 is 11.3 Å². The summed E-state index contributed by atoms with van der Waals surface area (Å²) in [6, 6.07) is 12.5. The van der Waals surface area contributed by atoms with Crippen LogP contribution in [0.25, 0.3) is 0 Å². The molecule has 1 atom stereocenters. The summed E-state index contributed by atoms with van der Waals surface area (Å²) in [7, 11) is -6.60. The van der Waals surface area contributed by atoms with Crippen LogP contribution in [0.15, 0.2) is 53.9 Å². The molecule has 0 bridgehead atoms. The van der Waals surface area contributed by atoms with Crippen LogP contribution in [-0.4, -0.2) is 39.7 Å². The number of nitrogens with zero attached hydrogens (tertiary/aromatic N) is 2. The molecule has 0 saturated carbocycles. The molecule has 0 unspecified atom stereocenters. The third-order valence-electron chi connectivity index (χ3n) is 4.79. The third kappa shape index (κ3) is 6.67. The SMILES string of the molecule is CCc1nc([C@H](Cc2ccc(NS(=O)(=O)O)cc2)N(c2cccc(OC)c2)S(C)(=O)=O)cs1. The summed E-state index contributed by atoms with van der Waals surface area (Å²) in [4.78, 5) is 4.65. The maximum atomic E-state index is 13.0. The molecule has 1 aromatic heterocycles. The quantitative estimate of drug-likeness (QED) is 0.398. The molecule has 0 amide bonds. The molecule has 33 heavy (non-hydrogen) atoms. The Labute approximate surface area is 198 Å². The molecule has 0 spiro atoms. The van der Waals surface area contributed by atoms with Gasteiger partial charge in [0, 0.05) is 11.4 Å². The molecule has 2 aromatic carbocycles. The lowest BCUT2D eigenvalue weighted by Gasteiger charge is -2.31. The zero-order chi connectivity index (χ0) is 24.2. The first-order chi connectivity index (χ1) is 15.5. The number of ether oxygens (including phenoxy) is 1. The van der Waals surface area contributed by atoms with Gasteiger partial charge in [-0.1, -0.05) is 25.1 Å². The monoisotopic (exact) mass is 511 g/mol. The second kappa shape index (κ2) is 10.1. The first-order valence-electron chi connectivity index (χ1n) is 9.92. The van der Waals surface area contributed by atoms with Crippen molar-refractivity contribution in [3.8, 4) is 5.75 Å². The van der Waals surface area contributed by atoms with E-state index >= 15 is 0 Å². The number of hydrogen-bond donors (Lipinski definition) is 2. The Morgan fingerprint density at radius 1 is 1.15 bits per heavy atom. The van der Waals surface area contributed by atoms with E-state index in [0.717, 1.165) is 23.2 Å². The summed E-state index contributed by atoms with van der Waals surface area (Å²) in [5.41, 5.74) is 2.00. The van der Waals surface area contributed by atoms with Gasteiger partial charge < -0.3 is 4.74 Å². The largest absolute Gasteiger partial charge is 0.497 e. The van der Waals surface area contributed by atoms with E-state index < -0.39 is 26.4 Å². The van der Waals surface area contributed by atoms with Gasteiger partial charge in [-0.2, -0.15) is 8.42 Å². The minimum atomic E-state index is -4.39. The van der Waals surface area contributed by atoms with Gasteiger partial charge in [-0.25, -0.2) is 13.4 Å². The lowest BCUT2D eigenvalue weighted by atomic mass is 10.0. The van der Waals surface area contributed by atoms with Crippen LogP contribution in [0.2, 0.25) is 0 Å². The standard InChI is InChI=1S/C21H25N3O6S3/c1-4-21-22-19(14-31-21)20(12-15-8-10-16(11-9-15)23-33(27,28)29)24(32(3,25)26)17-6-5-7-18(13-17)30-2/h5-11,13-14,20,23H,4,12H2,1-3H3,(H,27,28,29)/t20-/m0/s1. The second-order valence-electron chi connectivity index (χ2n) is 7.27. The number of methoxy groups -OCH3 is 1. The van der Waals surface area contributed by atoms with Crippen LogP contribution in [0.5, 0.6) is 5.75 Å². The van der Waals surface area contributed by atoms with E-state index in [2.05, 4.69) is 4.98 Å². The van der Waals surface area contributed by atoms with Crippen molar-refractivity contribution >= 4 is 43.0 Å². The minimum Gasteiger partial charge on any atom is -0.497 e. The van der Waals surface area contributed by atoms with Gasteiger partial charge in [0.15, 0.2) is 0 Å². The van der Waals surface area contributed by atoms with Crippen LogP contribution in [0, 0.1) is 0 Å². The van der Waals surface area contributed by atoms with Gasteiger partial charge in [0.25, 0.3) is 0 Å². The topological polar surface area (TPSA) is 126 Å². The Bertz CT molecular complexity index is 1310. The molecule has 0 saturated heterocycles. The summed E-state index contributed by atoms with van der Waals surface area (Å²) < 4.78 is 65.6. The highest BCUT2D eigenvalue weighted by Crippen LogP contribution is 2.35. The lowest BCUT2D eigenvalue weighted by molar-refractivity contribution is 0.415. The van der Waals surface area contributed by atoms with E-state index in [-0.39, 0.29) is 12.1 Å². The maximum Gasteiger partial charge on any atom is 0.357 e. The summed E-state index contributed by atoms with van der Waals surface area (Å²) >= 11 is 1.47. The number of anilines is 2. The fraction of sp³-hybridized carbons (Fsp3) is 0.286. The molecule has 9 nitrogen and oxygen atoms in total. The fourth-order valence-electron chi connectivity index (χ4n) is 3.38. The maximum absolute atomic E-state index is 13.0. The van der Waals surface area contributed by atoms with Crippen molar-refractivity contribution in [2.24, 2.45) is 0 Å². The molecule has 0 radical (unpaired) electrons. The lowest BCUT2D eigenvalue weighted by Crippen LogP contribution is -2.35. The van der Waals surface area contributed by atoms with Crippen molar-refractivity contribution in [2.75, 3.05) is 22.4 Å². The van der Waals surface area contributed by atoms with E-state index in [4.69, 9.17) is 9.29 Å². The van der Waals surface area contributed by atoms with Crippen LogP contribution in [0.4, 0.5) is 11.4 Å². The van der Waals surface area contributed by atoms with Gasteiger partial charge in [0.05, 0.1) is 41.5 Å². The fourth-order valence-corrected chi connectivity index (χ4v) is 5.75. The number of aromatic nitrogens is 1. The normalized spacial score (nSPS) is 12.8. The zero-order valence-corrected chi connectivity index (χ0v) is 20.7. The van der Waals surface area contributed by atoms with E-state index in [1.165, 1.54) is 34.9 Å². The van der Waals surface area contributed by atoms with Crippen molar-refractivity contribution in [1.29, 1.82) is 0 Å². The summed E-state index contributed by atoms with van der Waals surface area (Å²) in [6.07, 6.45) is 2.15. The van der Waals surface area contributed by atoms with Gasteiger partial charge in [0.2, 0.25) is 10.0 Å². The molecule has 0 aliphatic rings. The molecule has 3 aromatic rings. The summed E-state index contributed by atoms with van der Waals surface area (Å²) in [5, 5.41) is 2.75. The number of thiazole rings is 1. The van der Waals surface area contributed by atoms with Crippen LogP contribution < -0.4 is 13.8 Å². The molecular weight excluding hydrogens is 486 g/mol. The molecule has 0 aliphatic carbocycles. The molecule has 3 rings (SSSR count). The Hall–Kier alpha value is -2.67. The average molecular weight is 512 g/mol. The smallest absolute Gasteiger partial charge is 0.357 e. The summed E-state index contributed by atoms with van der Waals surface area (Å²) in [6.45, 7) is 1.98. The van der Waals surface area contributed by atoms with E-state index in [0.29, 0.717) is 17.1 Å². The average Bonchev–Trinajstić information content (AvgIpc) is 3.22. The predicted octanol–water partition coefficient (Wildman–Crippen LogP) is 3.68. The number of sulfonamides is 1. The van der Waals surface area contributed by atoms with E-state index in [9.17, 15) is 16.8 Å². The van der Waals surface area contributed by atoms with Crippen molar-refractivity contribution in [1.82, 2.24) is 4.98 Å².